The molecule has 1 heterocycles. The molecular formula is C22H23IN4O2. The van der Waals surface area contributed by atoms with Gasteiger partial charge in [-0.3, -0.25) is 9.79 Å². The van der Waals surface area contributed by atoms with Crippen LogP contribution < -0.4 is 16.0 Å². The van der Waals surface area contributed by atoms with Crippen LogP contribution in [0.2, 0.25) is 0 Å². The summed E-state index contributed by atoms with van der Waals surface area (Å²) in [5.74, 6) is 3.68. The number of para-hydroxylation sites is 1. The highest BCUT2D eigenvalue weighted by molar-refractivity contribution is 14.0. The third-order valence-electron chi connectivity index (χ3n) is 4.31. The topological polar surface area (TPSA) is 78.7 Å². The summed E-state index contributed by atoms with van der Waals surface area (Å²) in [6.07, 6.45) is 5.38. The van der Waals surface area contributed by atoms with Crippen molar-refractivity contribution in [1.82, 2.24) is 10.6 Å². The fraction of sp³-hybridized carbons (Fsp3) is 0.182. The van der Waals surface area contributed by atoms with Gasteiger partial charge in [-0.15, -0.1) is 30.4 Å². The van der Waals surface area contributed by atoms with E-state index >= 15 is 0 Å². The van der Waals surface area contributed by atoms with Gasteiger partial charge in [0.2, 0.25) is 5.91 Å². The van der Waals surface area contributed by atoms with Crippen LogP contribution in [0.3, 0.4) is 0 Å². The second-order valence-electron chi connectivity index (χ2n) is 6.20. The molecule has 0 saturated carbocycles. The lowest BCUT2D eigenvalue weighted by atomic mass is 10.1. The van der Waals surface area contributed by atoms with Crippen LogP contribution in [0, 0.1) is 19.3 Å². The van der Waals surface area contributed by atoms with Crippen LogP contribution in [0.1, 0.15) is 16.9 Å². The molecule has 0 saturated heterocycles. The van der Waals surface area contributed by atoms with E-state index in [1.54, 1.807) is 31.3 Å². The molecule has 0 aliphatic carbocycles. The number of rotatable bonds is 5. The number of fused-ring (bicyclic) bond motifs is 1. The number of benzene rings is 2. The summed E-state index contributed by atoms with van der Waals surface area (Å²) in [4.78, 5) is 16.3. The number of aliphatic imine (C=N–C) groups is 1. The number of terminal acetylenes is 1. The van der Waals surface area contributed by atoms with Crippen LogP contribution in [-0.2, 0) is 11.3 Å². The first-order chi connectivity index (χ1) is 13.6. The van der Waals surface area contributed by atoms with Crippen molar-refractivity contribution in [2.24, 2.45) is 4.99 Å². The summed E-state index contributed by atoms with van der Waals surface area (Å²) in [5.41, 5.74) is 3.31. The largest absolute Gasteiger partial charge is 0.459 e. The highest BCUT2D eigenvalue weighted by Gasteiger charge is 2.11. The molecule has 0 spiro atoms. The number of aryl methyl sites for hydroxylation is 1. The molecule has 0 radical (unpaired) electrons. The summed E-state index contributed by atoms with van der Waals surface area (Å²) in [7, 11) is 1.65. The van der Waals surface area contributed by atoms with Crippen molar-refractivity contribution in [3.63, 3.8) is 0 Å². The molecule has 3 aromatic rings. The number of guanidine groups is 1. The van der Waals surface area contributed by atoms with Gasteiger partial charge in [-0.05, 0) is 31.2 Å². The second kappa shape index (κ2) is 10.5. The number of furan rings is 1. The van der Waals surface area contributed by atoms with Crippen LogP contribution in [0.4, 0.5) is 5.69 Å². The van der Waals surface area contributed by atoms with Crippen LogP contribution in [0.15, 0.2) is 57.9 Å². The Morgan fingerprint density at radius 2 is 1.97 bits per heavy atom. The Bertz CT molecular complexity index is 1070. The van der Waals surface area contributed by atoms with E-state index in [0.717, 1.165) is 22.3 Å². The van der Waals surface area contributed by atoms with E-state index in [-0.39, 0.29) is 36.4 Å². The van der Waals surface area contributed by atoms with Gasteiger partial charge >= 0.3 is 0 Å². The average Bonchev–Trinajstić information content (AvgIpc) is 3.04. The molecule has 150 valence electrons. The molecule has 1 amide bonds. The zero-order valence-corrected chi connectivity index (χ0v) is 18.6. The molecule has 3 N–H and O–H groups in total. The zero-order valence-electron chi connectivity index (χ0n) is 16.3. The van der Waals surface area contributed by atoms with Crippen molar-refractivity contribution in [2.75, 3.05) is 18.9 Å². The minimum Gasteiger partial charge on any atom is -0.459 e. The summed E-state index contributed by atoms with van der Waals surface area (Å²) in [5, 5.41) is 10.0. The Morgan fingerprint density at radius 3 is 2.69 bits per heavy atom. The molecule has 6 nitrogen and oxygen atoms in total. The number of nitrogens with one attached hydrogen (secondary N) is 3. The number of amides is 1. The van der Waals surface area contributed by atoms with Crippen LogP contribution >= 0.6 is 24.0 Å². The number of carbonyl (C=O) groups excluding carboxylic acids is 1. The number of carbonyl (C=O) groups is 1. The first-order valence-corrected chi connectivity index (χ1v) is 8.88. The molecule has 0 bridgehead atoms. The molecule has 3 rings (SSSR count). The van der Waals surface area contributed by atoms with E-state index in [9.17, 15) is 4.79 Å². The van der Waals surface area contributed by atoms with Crippen molar-refractivity contribution >= 4 is 52.5 Å². The van der Waals surface area contributed by atoms with Crippen molar-refractivity contribution in [3.8, 4) is 12.3 Å². The first kappa shape index (κ1) is 22.3. The lowest BCUT2D eigenvalue weighted by Crippen LogP contribution is -2.41. The molecule has 0 unspecified atom stereocenters. The van der Waals surface area contributed by atoms with Gasteiger partial charge in [0.05, 0.1) is 13.1 Å². The molecule has 2 aromatic carbocycles. The quantitative estimate of drug-likeness (QED) is 0.216. The molecule has 0 aliphatic heterocycles. The standard InChI is InChI=1S/C22H22N4O2.HI/c1-4-16-8-7-9-17(12-16)26-21(27)14-25-22(23-3)24-13-20-15(2)18-10-5-6-11-19(18)28-20;/h1,5-12H,13-14H2,2-3H3,(H,26,27)(H2,23,24,25);1H. The molecule has 29 heavy (non-hydrogen) atoms. The maximum atomic E-state index is 12.2. The van der Waals surface area contributed by atoms with Crippen LogP contribution in [-0.4, -0.2) is 25.5 Å². The van der Waals surface area contributed by atoms with Crippen LogP contribution in [0.5, 0.6) is 0 Å². The van der Waals surface area contributed by atoms with Crippen molar-refractivity contribution in [3.05, 3.63) is 65.4 Å². The summed E-state index contributed by atoms with van der Waals surface area (Å²) >= 11 is 0. The Balaban J connectivity index is 0.00000300. The fourth-order valence-corrected chi connectivity index (χ4v) is 2.83. The van der Waals surface area contributed by atoms with Gasteiger partial charge in [0.1, 0.15) is 11.3 Å². The highest BCUT2D eigenvalue weighted by atomic mass is 127. The van der Waals surface area contributed by atoms with Crippen molar-refractivity contribution in [2.45, 2.75) is 13.5 Å². The van der Waals surface area contributed by atoms with E-state index in [1.165, 1.54) is 0 Å². The molecule has 0 fully saturated rings. The van der Waals surface area contributed by atoms with E-state index in [1.807, 2.05) is 31.2 Å². The predicted octanol–water partition coefficient (Wildman–Crippen LogP) is 3.64. The van der Waals surface area contributed by atoms with Gasteiger partial charge in [-0.1, -0.05) is 30.2 Å². The predicted molar refractivity (Wildman–Crippen MR) is 128 cm³/mol. The maximum Gasteiger partial charge on any atom is 0.243 e. The van der Waals surface area contributed by atoms with Gasteiger partial charge in [-0.2, -0.15) is 0 Å². The summed E-state index contributed by atoms with van der Waals surface area (Å²) in [6.45, 7) is 2.56. The monoisotopic (exact) mass is 502 g/mol. The molecule has 1 aromatic heterocycles. The van der Waals surface area contributed by atoms with Gasteiger partial charge < -0.3 is 20.4 Å². The van der Waals surface area contributed by atoms with E-state index in [0.29, 0.717) is 23.8 Å². The number of hydrogen-bond acceptors (Lipinski definition) is 3. The Morgan fingerprint density at radius 1 is 1.17 bits per heavy atom. The van der Waals surface area contributed by atoms with Gasteiger partial charge in [0, 0.05) is 29.2 Å². The minimum atomic E-state index is -0.197. The normalized spacial score (nSPS) is 10.7. The van der Waals surface area contributed by atoms with Crippen molar-refractivity contribution in [1.29, 1.82) is 0 Å². The Hall–Kier alpha value is -2.99. The Labute approximate surface area is 187 Å². The fourth-order valence-electron chi connectivity index (χ4n) is 2.83. The smallest absolute Gasteiger partial charge is 0.243 e. The highest BCUT2D eigenvalue weighted by Crippen LogP contribution is 2.24. The van der Waals surface area contributed by atoms with Gasteiger partial charge in [-0.25, -0.2) is 0 Å². The summed E-state index contributed by atoms with van der Waals surface area (Å²) in [6, 6.07) is 15.0. The zero-order chi connectivity index (χ0) is 19.9. The lowest BCUT2D eigenvalue weighted by Gasteiger charge is -2.11. The average molecular weight is 502 g/mol. The molecule has 7 heteroatoms. The summed E-state index contributed by atoms with van der Waals surface area (Å²) < 4.78 is 5.88. The molecule has 0 atom stereocenters. The van der Waals surface area contributed by atoms with Gasteiger partial charge in [0.25, 0.3) is 0 Å². The number of hydrogen-bond donors (Lipinski definition) is 3. The number of nitrogens with zero attached hydrogens (tertiary/aromatic N) is 1. The second-order valence-corrected chi connectivity index (χ2v) is 6.20. The van der Waals surface area contributed by atoms with Crippen molar-refractivity contribution < 1.29 is 9.21 Å². The maximum absolute atomic E-state index is 12.2. The van der Waals surface area contributed by atoms with Crippen LogP contribution in [0.25, 0.3) is 11.0 Å². The third-order valence-corrected chi connectivity index (χ3v) is 4.31. The van der Waals surface area contributed by atoms with E-state index in [4.69, 9.17) is 10.8 Å². The first-order valence-electron chi connectivity index (χ1n) is 8.88. The number of anilines is 1. The minimum absolute atomic E-state index is 0. The van der Waals surface area contributed by atoms with E-state index < -0.39 is 0 Å². The lowest BCUT2D eigenvalue weighted by molar-refractivity contribution is -0.115. The SMILES string of the molecule is C#Cc1cccc(NC(=O)CNC(=NC)NCc2oc3ccccc3c2C)c1.I. The third kappa shape index (κ3) is 5.74. The Kier molecular flexibility index (Phi) is 8.09. The number of halogens is 1. The van der Waals surface area contributed by atoms with E-state index in [2.05, 4.69) is 26.9 Å². The van der Waals surface area contributed by atoms with Gasteiger partial charge in [0.15, 0.2) is 5.96 Å². The molecule has 0 aliphatic rings. The molecular weight excluding hydrogens is 479 g/mol.